The minimum atomic E-state index is 1.11. The lowest BCUT2D eigenvalue weighted by molar-refractivity contribution is 1.27. The molecule has 0 aliphatic carbocycles. The molecular formula is C46H35N. The van der Waals surface area contributed by atoms with E-state index in [2.05, 4.69) is 195 Å². The standard InChI is InChI=1S/C46H35N/c1-32-16-24-41(25-17-32)47(42-26-18-33(2)19-27-42)43-30-44(39-22-20-34-10-6-8-14-37(34)28-39)46(36-12-4-3-5-13-36)45(31-43)40-23-21-35-11-7-9-15-38(35)29-40/h3-31H,1-2H3. The van der Waals surface area contributed by atoms with Crippen molar-refractivity contribution in [2.24, 2.45) is 0 Å². The van der Waals surface area contributed by atoms with Crippen LogP contribution in [0, 0.1) is 13.8 Å². The van der Waals surface area contributed by atoms with Gasteiger partial charge in [0.15, 0.2) is 0 Å². The third-order valence-corrected chi connectivity index (χ3v) is 9.15. The molecule has 0 saturated heterocycles. The molecule has 0 fully saturated rings. The maximum Gasteiger partial charge on any atom is 0.0474 e. The van der Waals surface area contributed by atoms with Crippen LogP contribution in [-0.4, -0.2) is 0 Å². The number of aryl methyl sites for hydroxylation is 2. The summed E-state index contributed by atoms with van der Waals surface area (Å²) in [5.74, 6) is 0. The van der Waals surface area contributed by atoms with Crippen molar-refractivity contribution in [1.82, 2.24) is 0 Å². The van der Waals surface area contributed by atoms with E-state index >= 15 is 0 Å². The molecule has 47 heavy (non-hydrogen) atoms. The Morgan fingerprint density at radius 1 is 0.319 bits per heavy atom. The van der Waals surface area contributed by atoms with Gasteiger partial charge in [-0.25, -0.2) is 0 Å². The molecule has 8 rings (SSSR count). The summed E-state index contributed by atoms with van der Waals surface area (Å²) in [7, 11) is 0. The average Bonchev–Trinajstić information content (AvgIpc) is 3.13. The van der Waals surface area contributed by atoms with Gasteiger partial charge in [-0.15, -0.1) is 0 Å². The van der Waals surface area contributed by atoms with E-state index in [1.165, 1.54) is 66.1 Å². The van der Waals surface area contributed by atoms with E-state index in [1.54, 1.807) is 0 Å². The Labute approximate surface area is 277 Å². The molecule has 0 unspecified atom stereocenters. The van der Waals surface area contributed by atoms with Crippen molar-refractivity contribution in [1.29, 1.82) is 0 Å². The molecule has 1 nitrogen and oxygen atoms in total. The lowest BCUT2D eigenvalue weighted by Crippen LogP contribution is -2.11. The smallest absolute Gasteiger partial charge is 0.0474 e. The summed E-state index contributed by atoms with van der Waals surface area (Å²) < 4.78 is 0. The van der Waals surface area contributed by atoms with Crippen LogP contribution in [0.15, 0.2) is 176 Å². The zero-order valence-electron chi connectivity index (χ0n) is 26.7. The zero-order chi connectivity index (χ0) is 31.7. The molecule has 0 atom stereocenters. The predicted octanol–water partition coefficient (Wildman–Crippen LogP) is 13.1. The van der Waals surface area contributed by atoms with Crippen LogP contribution < -0.4 is 4.90 Å². The fourth-order valence-corrected chi connectivity index (χ4v) is 6.68. The molecule has 224 valence electrons. The first-order valence-corrected chi connectivity index (χ1v) is 16.3. The van der Waals surface area contributed by atoms with Gasteiger partial charge in [0.05, 0.1) is 0 Å². The Morgan fingerprint density at radius 3 is 1.21 bits per heavy atom. The molecule has 1 heteroatoms. The summed E-state index contributed by atoms with van der Waals surface area (Å²) in [6.07, 6.45) is 0. The molecule has 0 amide bonds. The van der Waals surface area contributed by atoms with Crippen LogP contribution in [0.3, 0.4) is 0 Å². The summed E-state index contributed by atoms with van der Waals surface area (Å²) in [5, 5.41) is 4.94. The van der Waals surface area contributed by atoms with Gasteiger partial charge in [0.25, 0.3) is 0 Å². The Kier molecular flexibility index (Phi) is 7.36. The van der Waals surface area contributed by atoms with Crippen LogP contribution in [0.4, 0.5) is 17.1 Å². The van der Waals surface area contributed by atoms with Gasteiger partial charge in [-0.05, 0) is 117 Å². The van der Waals surface area contributed by atoms with E-state index in [1.807, 2.05) is 0 Å². The van der Waals surface area contributed by atoms with Crippen molar-refractivity contribution in [2.45, 2.75) is 13.8 Å². The molecule has 0 aliphatic rings. The quantitative estimate of drug-likeness (QED) is 0.183. The zero-order valence-corrected chi connectivity index (χ0v) is 26.7. The highest BCUT2D eigenvalue weighted by molar-refractivity contribution is 6.01. The van der Waals surface area contributed by atoms with Gasteiger partial charge in [-0.3, -0.25) is 0 Å². The third-order valence-electron chi connectivity index (χ3n) is 9.15. The summed E-state index contributed by atoms with van der Waals surface area (Å²) in [5.41, 5.74) is 13.1. The van der Waals surface area contributed by atoms with Gasteiger partial charge < -0.3 is 4.90 Å². The second-order valence-electron chi connectivity index (χ2n) is 12.4. The molecule has 0 aromatic heterocycles. The molecule has 0 bridgehead atoms. The largest absolute Gasteiger partial charge is 0.310 e. The fraction of sp³-hybridized carbons (Fsp3) is 0.0435. The van der Waals surface area contributed by atoms with E-state index in [-0.39, 0.29) is 0 Å². The second-order valence-corrected chi connectivity index (χ2v) is 12.4. The van der Waals surface area contributed by atoms with E-state index in [0.717, 1.165) is 17.1 Å². The molecule has 0 N–H and O–H groups in total. The van der Waals surface area contributed by atoms with Gasteiger partial charge in [-0.1, -0.05) is 139 Å². The number of benzene rings is 8. The summed E-state index contributed by atoms with van der Waals surface area (Å²) in [6.45, 7) is 4.29. The SMILES string of the molecule is Cc1ccc(N(c2ccc(C)cc2)c2cc(-c3ccc4ccccc4c3)c(-c3ccccc3)c(-c3ccc4ccccc4c3)c2)cc1. The molecule has 0 heterocycles. The molecule has 8 aromatic rings. The molecule has 0 aliphatic heterocycles. The Hall–Kier alpha value is -5.92. The first kappa shape index (κ1) is 28.5. The number of rotatable bonds is 6. The topological polar surface area (TPSA) is 3.24 Å². The maximum absolute atomic E-state index is 2.39. The van der Waals surface area contributed by atoms with Gasteiger partial charge >= 0.3 is 0 Å². The van der Waals surface area contributed by atoms with Crippen molar-refractivity contribution in [3.63, 3.8) is 0 Å². The van der Waals surface area contributed by atoms with Gasteiger partial charge in [0.1, 0.15) is 0 Å². The van der Waals surface area contributed by atoms with E-state index in [9.17, 15) is 0 Å². The number of hydrogen-bond acceptors (Lipinski definition) is 1. The van der Waals surface area contributed by atoms with Crippen LogP contribution in [0.2, 0.25) is 0 Å². The van der Waals surface area contributed by atoms with Gasteiger partial charge in [0, 0.05) is 17.1 Å². The normalized spacial score (nSPS) is 11.2. The number of hydrogen-bond donors (Lipinski definition) is 0. The van der Waals surface area contributed by atoms with Crippen molar-refractivity contribution in [3.05, 3.63) is 187 Å². The van der Waals surface area contributed by atoms with Crippen molar-refractivity contribution in [3.8, 4) is 33.4 Å². The lowest BCUT2D eigenvalue weighted by atomic mass is 9.85. The van der Waals surface area contributed by atoms with Gasteiger partial charge in [0.2, 0.25) is 0 Å². The third kappa shape index (κ3) is 5.58. The lowest BCUT2D eigenvalue weighted by Gasteiger charge is -2.28. The van der Waals surface area contributed by atoms with Crippen LogP contribution >= 0.6 is 0 Å². The molecule has 0 radical (unpaired) electrons. The maximum atomic E-state index is 2.39. The first-order chi connectivity index (χ1) is 23.1. The van der Waals surface area contributed by atoms with Crippen LogP contribution in [0.1, 0.15) is 11.1 Å². The summed E-state index contributed by atoms with van der Waals surface area (Å²) >= 11 is 0. The van der Waals surface area contributed by atoms with Crippen LogP contribution in [0.5, 0.6) is 0 Å². The monoisotopic (exact) mass is 601 g/mol. The fourth-order valence-electron chi connectivity index (χ4n) is 6.68. The number of nitrogens with zero attached hydrogens (tertiary/aromatic N) is 1. The average molecular weight is 602 g/mol. The van der Waals surface area contributed by atoms with Crippen molar-refractivity contribution >= 4 is 38.6 Å². The Balaban J connectivity index is 1.47. The highest BCUT2D eigenvalue weighted by Gasteiger charge is 2.21. The predicted molar refractivity (Wildman–Crippen MR) is 202 cm³/mol. The van der Waals surface area contributed by atoms with Gasteiger partial charge in [-0.2, -0.15) is 0 Å². The molecular weight excluding hydrogens is 567 g/mol. The van der Waals surface area contributed by atoms with E-state index in [0.29, 0.717) is 0 Å². The second kappa shape index (κ2) is 12.1. The number of anilines is 3. The highest BCUT2D eigenvalue weighted by atomic mass is 15.1. The molecule has 0 saturated carbocycles. The van der Waals surface area contributed by atoms with Crippen LogP contribution in [-0.2, 0) is 0 Å². The minimum Gasteiger partial charge on any atom is -0.310 e. The Morgan fingerprint density at radius 2 is 0.745 bits per heavy atom. The molecule has 8 aromatic carbocycles. The van der Waals surface area contributed by atoms with Crippen molar-refractivity contribution < 1.29 is 0 Å². The van der Waals surface area contributed by atoms with Crippen LogP contribution in [0.25, 0.3) is 54.9 Å². The first-order valence-electron chi connectivity index (χ1n) is 16.3. The Bertz CT molecular complexity index is 2200. The van der Waals surface area contributed by atoms with E-state index in [4.69, 9.17) is 0 Å². The van der Waals surface area contributed by atoms with E-state index < -0.39 is 0 Å². The minimum absolute atomic E-state index is 1.11. The summed E-state index contributed by atoms with van der Waals surface area (Å²) in [4.78, 5) is 2.39. The van der Waals surface area contributed by atoms with Crippen molar-refractivity contribution in [2.75, 3.05) is 4.90 Å². The molecule has 0 spiro atoms. The highest BCUT2D eigenvalue weighted by Crippen LogP contribution is 2.47. The number of fused-ring (bicyclic) bond motifs is 2. The summed E-state index contributed by atoms with van der Waals surface area (Å²) in [6, 6.07) is 64.3.